The Bertz CT molecular complexity index is 314. The zero-order chi connectivity index (χ0) is 10.1. The van der Waals surface area contributed by atoms with E-state index in [2.05, 4.69) is 13.8 Å². The molecule has 2 saturated carbocycles. The molecule has 2 nitrogen and oxygen atoms in total. The molecule has 0 aromatic rings. The maximum atomic E-state index is 13.6. The summed E-state index contributed by atoms with van der Waals surface area (Å²) in [6.45, 7) is 4.44. The maximum Gasteiger partial charge on any atom is 0.251 e. The van der Waals surface area contributed by atoms with Gasteiger partial charge in [-0.3, -0.25) is 4.79 Å². The van der Waals surface area contributed by atoms with Gasteiger partial charge in [-0.2, -0.15) is 5.12 Å². The summed E-state index contributed by atoms with van der Waals surface area (Å²) < 4.78 is 13.6. The second-order valence-corrected chi connectivity index (χ2v) is 5.75. The Labute approximate surface area is 83.4 Å². The normalized spacial score (nSPS) is 48.8. The van der Waals surface area contributed by atoms with Gasteiger partial charge in [0.2, 0.25) is 0 Å². The van der Waals surface area contributed by atoms with Crippen LogP contribution in [0, 0.1) is 16.7 Å². The number of fused-ring (bicyclic) bond motifs is 1. The van der Waals surface area contributed by atoms with Crippen molar-refractivity contribution in [3.63, 3.8) is 0 Å². The molecule has 0 aromatic carbocycles. The van der Waals surface area contributed by atoms with Gasteiger partial charge in [0.15, 0.2) is 0 Å². The number of halogens is 1. The van der Waals surface area contributed by atoms with Gasteiger partial charge < -0.3 is 0 Å². The number of amides is 1. The molecule has 3 aliphatic rings. The van der Waals surface area contributed by atoms with Crippen molar-refractivity contribution < 1.29 is 9.28 Å². The molecular weight excluding hydrogens is 181 g/mol. The van der Waals surface area contributed by atoms with Crippen molar-refractivity contribution in [3.8, 4) is 0 Å². The Kier molecular flexibility index (Phi) is 1.33. The van der Waals surface area contributed by atoms with Gasteiger partial charge in [-0.1, -0.05) is 18.3 Å². The molecule has 2 aliphatic carbocycles. The number of carbonyl (C=O) groups excluding carboxylic acids is 1. The Balaban J connectivity index is 2.10. The highest BCUT2D eigenvalue weighted by Gasteiger charge is 2.70. The van der Waals surface area contributed by atoms with Crippen LogP contribution in [-0.2, 0) is 4.79 Å². The van der Waals surface area contributed by atoms with E-state index in [1.165, 1.54) is 6.42 Å². The molecule has 0 radical (unpaired) electrons. The van der Waals surface area contributed by atoms with Crippen LogP contribution < -0.4 is 0 Å². The molecule has 14 heavy (non-hydrogen) atoms. The molecule has 0 unspecified atom stereocenters. The zero-order valence-corrected chi connectivity index (χ0v) is 8.72. The first-order chi connectivity index (χ1) is 6.49. The first-order valence-electron chi connectivity index (χ1n) is 5.47. The SMILES string of the molecule is CC1(C)[C@H]2CC[C@@]13CC(=O)N(F)[C@H]3C2. The van der Waals surface area contributed by atoms with Crippen LogP contribution in [-0.4, -0.2) is 17.1 Å². The van der Waals surface area contributed by atoms with Crippen LogP contribution in [0.15, 0.2) is 0 Å². The Morgan fingerprint density at radius 3 is 2.79 bits per heavy atom. The lowest BCUT2D eigenvalue weighted by molar-refractivity contribution is -0.145. The molecule has 1 amide bonds. The predicted molar refractivity (Wildman–Crippen MR) is 49.9 cm³/mol. The molecule has 78 valence electrons. The highest BCUT2D eigenvalue weighted by atomic mass is 19.2. The molecule has 3 rings (SSSR count). The topological polar surface area (TPSA) is 20.3 Å². The van der Waals surface area contributed by atoms with Crippen LogP contribution >= 0.6 is 0 Å². The summed E-state index contributed by atoms with van der Waals surface area (Å²) in [5.74, 6) is 0.335. The fourth-order valence-electron chi connectivity index (χ4n) is 4.29. The van der Waals surface area contributed by atoms with E-state index in [4.69, 9.17) is 0 Å². The number of nitrogens with zero attached hydrogens (tertiary/aromatic N) is 1. The Morgan fingerprint density at radius 1 is 1.50 bits per heavy atom. The van der Waals surface area contributed by atoms with E-state index in [0.717, 1.165) is 12.8 Å². The van der Waals surface area contributed by atoms with Crippen molar-refractivity contribution in [2.75, 3.05) is 0 Å². The number of rotatable bonds is 0. The van der Waals surface area contributed by atoms with Crippen molar-refractivity contribution in [2.45, 2.75) is 45.6 Å². The summed E-state index contributed by atoms with van der Waals surface area (Å²) in [6.07, 6.45) is 3.55. The quantitative estimate of drug-likeness (QED) is 0.546. The van der Waals surface area contributed by atoms with E-state index in [1.54, 1.807) is 0 Å². The summed E-state index contributed by atoms with van der Waals surface area (Å²) in [5, 5.41) is 0.529. The number of carbonyl (C=O) groups is 1. The third-order valence-electron chi connectivity index (χ3n) is 5.37. The Morgan fingerprint density at radius 2 is 2.21 bits per heavy atom. The van der Waals surface area contributed by atoms with Gasteiger partial charge in [0.1, 0.15) is 0 Å². The predicted octanol–water partition coefficient (Wildman–Crippen LogP) is 2.30. The van der Waals surface area contributed by atoms with Gasteiger partial charge in [0, 0.05) is 11.8 Å². The van der Waals surface area contributed by atoms with Crippen molar-refractivity contribution in [2.24, 2.45) is 16.7 Å². The fraction of sp³-hybridized carbons (Fsp3) is 0.909. The van der Waals surface area contributed by atoms with Crippen molar-refractivity contribution in [1.82, 2.24) is 5.12 Å². The molecule has 3 heteroatoms. The Hall–Kier alpha value is -0.600. The van der Waals surface area contributed by atoms with E-state index in [1.807, 2.05) is 0 Å². The summed E-state index contributed by atoms with van der Waals surface area (Å²) in [4.78, 5) is 11.4. The van der Waals surface area contributed by atoms with Crippen LogP contribution in [0.25, 0.3) is 0 Å². The first kappa shape index (κ1) is 8.69. The van der Waals surface area contributed by atoms with Gasteiger partial charge in [-0.05, 0) is 30.6 Å². The summed E-state index contributed by atoms with van der Waals surface area (Å²) in [6, 6.07) is -0.108. The lowest BCUT2D eigenvalue weighted by Crippen LogP contribution is -2.37. The molecule has 3 fully saturated rings. The highest BCUT2D eigenvalue weighted by molar-refractivity contribution is 5.79. The molecule has 1 heterocycles. The van der Waals surface area contributed by atoms with Gasteiger partial charge >= 0.3 is 0 Å². The highest BCUT2D eigenvalue weighted by Crippen LogP contribution is 2.70. The van der Waals surface area contributed by atoms with Crippen molar-refractivity contribution >= 4 is 5.91 Å². The number of hydrogen-bond acceptors (Lipinski definition) is 1. The van der Waals surface area contributed by atoms with E-state index < -0.39 is 0 Å². The number of hydrogen-bond donors (Lipinski definition) is 0. The van der Waals surface area contributed by atoms with E-state index in [-0.39, 0.29) is 22.8 Å². The molecule has 0 N–H and O–H groups in total. The lowest BCUT2D eigenvalue weighted by Gasteiger charge is -2.36. The van der Waals surface area contributed by atoms with E-state index in [9.17, 15) is 9.28 Å². The summed E-state index contributed by atoms with van der Waals surface area (Å²) >= 11 is 0. The first-order valence-corrected chi connectivity index (χ1v) is 5.47. The molecular formula is C11H16FNO. The van der Waals surface area contributed by atoms with Crippen molar-refractivity contribution in [1.29, 1.82) is 0 Å². The second-order valence-electron chi connectivity index (χ2n) is 5.75. The third kappa shape index (κ3) is 0.655. The second kappa shape index (κ2) is 2.15. The average Bonchev–Trinajstić information content (AvgIpc) is 2.60. The lowest BCUT2D eigenvalue weighted by atomic mass is 9.67. The smallest absolute Gasteiger partial charge is 0.251 e. The van der Waals surface area contributed by atoms with Crippen LogP contribution in [0.4, 0.5) is 4.48 Å². The molecule has 1 saturated heterocycles. The van der Waals surface area contributed by atoms with Crippen LogP contribution in [0.5, 0.6) is 0 Å². The zero-order valence-electron chi connectivity index (χ0n) is 8.72. The van der Waals surface area contributed by atoms with Gasteiger partial charge in [-0.15, -0.1) is 0 Å². The monoisotopic (exact) mass is 197 g/mol. The molecule has 2 bridgehead atoms. The largest absolute Gasteiger partial charge is 0.272 e. The fourth-order valence-corrected chi connectivity index (χ4v) is 4.29. The average molecular weight is 197 g/mol. The maximum absolute atomic E-state index is 13.6. The van der Waals surface area contributed by atoms with Crippen LogP contribution in [0.3, 0.4) is 0 Å². The van der Waals surface area contributed by atoms with Crippen LogP contribution in [0.1, 0.15) is 39.5 Å². The van der Waals surface area contributed by atoms with Gasteiger partial charge in [-0.25, -0.2) is 0 Å². The van der Waals surface area contributed by atoms with E-state index in [0.29, 0.717) is 17.5 Å². The van der Waals surface area contributed by atoms with E-state index >= 15 is 0 Å². The van der Waals surface area contributed by atoms with Crippen LogP contribution in [0.2, 0.25) is 0 Å². The van der Waals surface area contributed by atoms with Crippen molar-refractivity contribution in [3.05, 3.63) is 0 Å². The minimum Gasteiger partial charge on any atom is -0.272 e. The molecule has 1 aliphatic heterocycles. The minimum absolute atomic E-state index is 0.0382. The van der Waals surface area contributed by atoms with Gasteiger partial charge in [0.25, 0.3) is 5.91 Å². The van der Waals surface area contributed by atoms with Gasteiger partial charge in [0.05, 0.1) is 6.04 Å². The molecule has 3 atom stereocenters. The third-order valence-corrected chi connectivity index (χ3v) is 5.37. The summed E-state index contributed by atoms with van der Waals surface area (Å²) in [5.41, 5.74) is 0.123. The summed E-state index contributed by atoms with van der Waals surface area (Å²) in [7, 11) is 0. The molecule has 1 spiro atoms. The standard InChI is InChI=1S/C11H16FNO/c1-10(2)7-3-4-11(10)6-9(14)13(12)8(11)5-7/h7-8H,3-6H2,1-2H3/t7-,8-,11-/m0/s1. The molecule has 0 aromatic heterocycles. The minimum atomic E-state index is -0.288.